The van der Waals surface area contributed by atoms with Crippen LogP contribution >= 0.6 is 0 Å². The Bertz CT molecular complexity index is 337. The average Bonchev–Trinajstić information content (AvgIpc) is 2.75. The Morgan fingerprint density at radius 3 is 2.59 bits per heavy atom. The van der Waals surface area contributed by atoms with Gasteiger partial charge in [-0.05, 0) is 37.6 Å². The number of hydrogen-bond donors (Lipinski definition) is 1. The maximum atomic E-state index is 5.89. The summed E-state index contributed by atoms with van der Waals surface area (Å²) in [5.41, 5.74) is 8.08. The molecular weight excluding hydrogens is 212 g/mol. The fourth-order valence-corrected chi connectivity index (χ4v) is 2.21. The molecule has 1 aliphatic heterocycles. The molecule has 94 valence electrons. The Morgan fingerprint density at radius 2 is 2.00 bits per heavy atom. The Kier molecular flexibility index (Phi) is 4.54. The van der Waals surface area contributed by atoms with Crippen LogP contribution < -0.4 is 5.73 Å². The highest BCUT2D eigenvalue weighted by atomic mass is 16.5. The van der Waals surface area contributed by atoms with Gasteiger partial charge in [0.15, 0.2) is 0 Å². The van der Waals surface area contributed by atoms with E-state index < -0.39 is 0 Å². The van der Waals surface area contributed by atoms with E-state index >= 15 is 0 Å². The number of benzene rings is 1. The van der Waals surface area contributed by atoms with Crippen LogP contribution in [0.1, 0.15) is 17.5 Å². The number of nitrogens with two attached hydrogens (primary N) is 1. The van der Waals surface area contributed by atoms with Crippen LogP contribution in [0.4, 0.5) is 0 Å². The Balaban J connectivity index is 1.78. The highest BCUT2D eigenvalue weighted by Crippen LogP contribution is 2.13. The van der Waals surface area contributed by atoms with Crippen molar-refractivity contribution in [2.45, 2.75) is 25.6 Å². The summed E-state index contributed by atoms with van der Waals surface area (Å²) in [6.45, 7) is 3.65. The van der Waals surface area contributed by atoms with E-state index in [0.717, 1.165) is 32.5 Å². The first-order valence-corrected chi connectivity index (χ1v) is 6.36. The molecule has 1 atom stereocenters. The third-order valence-electron chi connectivity index (χ3n) is 3.29. The smallest absolute Gasteiger partial charge is 0.0721 e. The molecule has 1 aromatic rings. The minimum atomic E-state index is 0.406. The van der Waals surface area contributed by atoms with E-state index in [4.69, 9.17) is 10.5 Å². The summed E-state index contributed by atoms with van der Waals surface area (Å²) in [5.74, 6) is 0. The number of likely N-dealkylation sites (tertiary alicyclic amines) is 1. The molecule has 3 heteroatoms. The van der Waals surface area contributed by atoms with Gasteiger partial charge in [-0.15, -0.1) is 0 Å². The lowest BCUT2D eigenvalue weighted by Crippen LogP contribution is -2.18. The lowest BCUT2D eigenvalue weighted by atomic mass is 10.1. The maximum absolute atomic E-state index is 5.89. The molecule has 2 rings (SSSR count). The molecule has 1 aliphatic rings. The van der Waals surface area contributed by atoms with E-state index in [-0.39, 0.29) is 0 Å². The monoisotopic (exact) mass is 234 g/mol. The molecule has 1 unspecified atom stereocenters. The van der Waals surface area contributed by atoms with E-state index in [2.05, 4.69) is 36.2 Å². The second-order valence-corrected chi connectivity index (χ2v) is 4.84. The van der Waals surface area contributed by atoms with Crippen molar-refractivity contribution in [3.8, 4) is 0 Å². The number of rotatable bonds is 5. The molecule has 2 N–H and O–H groups in total. The predicted molar refractivity (Wildman–Crippen MR) is 69.9 cm³/mol. The Hall–Kier alpha value is -0.900. The zero-order chi connectivity index (χ0) is 12.1. The number of hydrogen-bond acceptors (Lipinski definition) is 3. The highest BCUT2D eigenvalue weighted by molar-refractivity contribution is 5.22. The van der Waals surface area contributed by atoms with Crippen LogP contribution in [0.25, 0.3) is 0 Å². The van der Waals surface area contributed by atoms with Crippen LogP contribution in [0.5, 0.6) is 0 Å². The lowest BCUT2D eigenvalue weighted by molar-refractivity contribution is 0.0483. The first-order valence-electron chi connectivity index (χ1n) is 6.36. The topological polar surface area (TPSA) is 38.5 Å². The van der Waals surface area contributed by atoms with E-state index in [1.807, 2.05) is 0 Å². The molecule has 1 fully saturated rings. The van der Waals surface area contributed by atoms with Crippen LogP contribution in [0.2, 0.25) is 0 Å². The normalized spacial score (nSPS) is 20.9. The summed E-state index contributed by atoms with van der Waals surface area (Å²) >= 11 is 0. The van der Waals surface area contributed by atoms with E-state index in [0.29, 0.717) is 12.6 Å². The second kappa shape index (κ2) is 6.15. The third kappa shape index (κ3) is 3.80. The van der Waals surface area contributed by atoms with Gasteiger partial charge in [0, 0.05) is 13.1 Å². The summed E-state index contributed by atoms with van der Waals surface area (Å²) < 4.78 is 5.89. The van der Waals surface area contributed by atoms with Crippen LogP contribution in [0, 0.1) is 0 Å². The second-order valence-electron chi connectivity index (χ2n) is 4.84. The largest absolute Gasteiger partial charge is 0.372 e. The van der Waals surface area contributed by atoms with Crippen molar-refractivity contribution in [1.82, 2.24) is 4.90 Å². The standard InChI is InChI=1S/C14H22N2O/c1-16-9-7-14(10-16)17-11-13-4-2-12(3-5-13)6-8-15/h2-5,14H,6-11,15H2,1H3. The number of nitrogens with zero attached hydrogens (tertiary/aromatic N) is 1. The molecule has 1 saturated heterocycles. The molecule has 0 spiro atoms. The number of ether oxygens (including phenoxy) is 1. The van der Waals surface area contributed by atoms with Gasteiger partial charge in [0.1, 0.15) is 0 Å². The van der Waals surface area contributed by atoms with Crippen molar-refractivity contribution in [2.75, 3.05) is 26.7 Å². The van der Waals surface area contributed by atoms with Crippen molar-refractivity contribution >= 4 is 0 Å². The zero-order valence-corrected chi connectivity index (χ0v) is 10.6. The molecule has 0 radical (unpaired) electrons. The van der Waals surface area contributed by atoms with Crippen molar-refractivity contribution in [2.24, 2.45) is 5.73 Å². The zero-order valence-electron chi connectivity index (χ0n) is 10.6. The minimum absolute atomic E-state index is 0.406. The van der Waals surface area contributed by atoms with Crippen molar-refractivity contribution < 1.29 is 4.74 Å². The maximum Gasteiger partial charge on any atom is 0.0721 e. The molecule has 17 heavy (non-hydrogen) atoms. The van der Waals surface area contributed by atoms with Crippen LogP contribution in [-0.4, -0.2) is 37.7 Å². The van der Waals surface area contributed by atoms with Crippen LogP contribution in [0.3, 0.4) is 0 Å². The van der Waals surface area contributed by atoms with Gasteiger partial charge in [-0.3, -0.25) is 0 Å². The van der Waals surface area contributed by atoms with E-state index in [9.17, 15) is 0 Å². The SMILES string of the molecule is CN1CCC(OCc2ccc(CCN)cc2)C1. The van der Waals surface area contributed by atoms with Gasteiger partial charge in [-0.1, -0.05) is 24.3 Å². The van der Waals surface area contributed by atoms with E-state index in [1.54, 1.807) is 0 Å². The van der Waals surface area contributed by atoms with Crippen LogP contribution in [0.15, 0.2) is 24.3 Å². The van der Waals surface area contributed by atoms with E-state index in [1.165, 1.54) is 11.1 Å². The first kappa shape index (κ1) is 12.6. The number of likely N-dealkylation sites (N-methyl/N-ethyl adjacent to an activating group) is 1. The van der Waals surface area contributed by atoms with Gasteiger partial charge in [0.05, 0.1) is 12.7 Å². The molecule has 3 nitrogen and oxygen atoms in total. The van der Waals surface area contributed by atoms with Gasteiger partial charge in [0.2, 0.25) is 0 Å². The molecular formula is C14H22N2O. The van der Waals surface area contributed by atoms with Crippen molar-refractivity contribution in [3.05, 3.63) is 35.4 Å². The average molecular weight is 234 g/mol. The molecule has 1 aromatic carbocycles. The summed E-state index contributed by atoms with van der Waals surface area (Å²) in [5, 5.41) is 0. The Labute approximate surface area is 104 Å². The molecule has 0 aliphatic carbocycles. The molecule has 0 bridgehead atoms. The first-order chi connectivity index (χ1) is 8.28. The third-order valence-corrected chi connectivity index (χ3v) is 3.29. The van der Waals surface area contributed by atoms with Gasteiger partial charge >= 0.3 is 0 Å². The molecule has 1 heterocycles. The van der Waals surface area contributed by atoms with Gasteiger partial charge in [-0.2, -0.15) is 0 Å². The molecule has 0 amide bonds. The fraction of sp³-hybridized carbons (Fsp3) is 0.571. The van der Waals surface area contributed by atoms with Crippen molar-refractivity contribution in [1.29, 1.82) is 0 Å². The van der Waals surface area contributed by atoms with Crippen LogP contribution in [-0.2, 0) is 17.8 Å². The highest BCUT2D eigenvalue weighted by Gasteiger charge is 2.19. The quantitative estimate of drug-likeness (QED) is 0.837. The minimum Gasteiger partial charge on any atom is -0.372 e. The van der Waals surface area contributed by atoms with Gasteiger partial charge in [-0.25, -0.2) is 0 Å². The molecule has 0 saturated carbocycles. The summed E-state index contributed by atoms with van der Waals surface area (Å²) in [7, 11) is 2.14. The lowest BCUT2D eigenvalue weighted by Gasteiger charge is -2.12. The predicted octanol–water partition coefficient (Wildman–Crippen LogP) is 1.41. The fourth-order valence-electron chi connectivity index (χ4n) is 2.21. The van der Waals surface area contributed by atoms with Gasteiger partial charge < -0.3 is 15.4 Å². The molecule has 0 aromatic heterocycles. The summed E-state index contributed by atoms with van der Waals surface area (Å²) in [6, 6.07) is 8.58. The van der Waals surface area contributed by atoms with Crippen molar-refractivity contribution in [3.63, 3.8) is 0 Å². The summed E-state index contributed by atoms with van der Waals surface area (Å²) in [6.07, 6.45) is 2.51. The summed E-state index contributed by atoms with van der Waals surface area (Å²) in [4.78, 5) is 2.31. The van der Waals surface area contributed by atoms with Gasteiger partial charge in [0.25, 0.3) is 0 Å². The Morgan fingerprint density at radius 1 is 1.29 bits per heavy atom.